The number of hydrogen-bond acceptors (Lipinski definition) is 7. The van der Waals surface area contributed by atoms with Crippen LogP contribution >= 0.6 is 0 Å². The molecule has 0 aromatic rings. The third kappa shape index (κ3) is 8.23. The standard InChI is InChI=1S/C29H46N5O6S/c1-28(13-5-3-6-14-28)23(32-27(39)33-29(19-41(2)40)15-7-4-8-16-29)26(38)34-17-9-10-21(34)24(36)30-18-22(35)25(37)31-20-11-12-20/h20-21,23H,2-19H2,1H3,(H,30,36)(H,31,37)(H2,32,33,39)/q-1. The van der Waals surface area contributed by atoms with E-state index < -0.39 is 63.6 Å². The molecule has 4 aliphatic rings. The van der Waals surface area contributed by atoms with Crippen LogP contribution in [0.2, 0.25) is 0 Å². The predicted octanol–water partition coefficient (Wildman–Crippen LogP) is 1.68. The SMILES string of the molecule is C=[S-](=O)CC1(NC(=O)NC(C(=O)N2CCCC2C(=O)NCC(=O)C(=O)NC2CC2)C2(C)CCCCC2)CCCCC1. The third-order valence-corrected chi connectivity index (χ3v) is 10.1. The fraction of sp³-hybridized carbons (Fsp3) is 0.793. The van der Waals surface area contributed by atoms with Gasteiger partial charge < -0.3 is 30.4 Å². The lowest BCUT2D eigenvalue weighted by Gasteiger charge is -2.44. The molecule has 2 atom stereocenters. The van der Waals surface area contributed by atoms with Crippen molar-refractivity contribution >= 4 is 45.8 Å². The average molecular weight is 593 g/mol. The van der Waals surface area contributed by atoms with Crippen LogP contribution in [-0.2, 0) is 33.8 Å². The van der Waals surface area contributed by atoms with Gasteiger partial charge in [0.25, 0.3) is 5.91 Å². The zero-order valence-electron chi connectivity index (χ0n) is 24.3. The summed E-state index contributed by atoms with van der Waals surface area (Å²) in [5.41, 5.74) is -1.10. The van der Waals surface area contributed by atoms with Crippen molar-refractivity contribution in [3.8, 4) is 0 Å². The van der Waals surface area contributed by atoms with Crippen LogP contribution in [0.3, 0.4) is 0 Å². The lowest BCUT2D eigenvalue weighted by molar-refractivity contribution is -0.143. The monoisotopic (exact) mass is 592 g/mol. The maximum absolute atomic E-state index is 14.1. The highest BCUT2D eigenvalue weighted by Crippen LogP contribution is 2.40. The van der Waals surface area contributed by atoms with Gasteiger partial charge in [-0.3, -0.25) is 29.6 Å². The van der Waals surface area contributed by atoms with Crippen LogP contribution in [0.1, 0.15) is 96.8 Å². The van der Waals surface area contributed by atoms with Gasteiger partial charge in [0.1, 0.15) is 12.1 Å². The maximum atomic E-state index is 14.1. The maximum Gasteiger partial charge on any atom is 0.315 e. The minimum Gasteiger partial charge on any atom is -0.462 e. The molecule has 0 aromatic carbocycles. The molecule has 3 saturated carbocycles. The number of carbonyl (C=O) groups is 5. The van der Waals surface area contributed by atoms with Gasteiger partial charge in [0.2, 0.25) is 17.6 Å². The number of urea groups is 1. The molecule has 11 nitrogen and oxygen atoms in total. The second kappa shape index (κ2) is 13.6. The number of nitrogens with zero attached hydrogens (tertiary/aromatic N) is 1. The van der Waals surface area contributed by atoms with Gasteiger partial charge in [-0.05, 0) is 56.8 Å². The number of ketones is 1. The molecule has 1 aliphatic heterocycles. The van der Waals surface area contributed by atoms with Crippen molar-refractivity contribution in [2.45, 2.75) is 120 Å². The van der Waals surface area contributed by atoms with Crippen molar-refractivity contribution in [2.24, 2.45) is 5.41 Å². The Labute approximate surface area is 244 Å². The Hall–Kier alpha value is -2.63. The minimum atomic E-state index is -1.33. The fourth-order valence-electron chi connectivity index (χ4n) is 6.76. The van der Waals surface area contributed by atoms with E-state index in [2.05, 4.69) is 27.1 Å². The van der Waals surface area contributed by atoms with E-state index in [1.165, 1.54) is 4.90 Å². The van der Waals surface area contributed by atoms with Crippen molar-refractivity contribution in [1.29, 1.82) is 0 Å². The number of rotatable bonds is 11. The van der Waals surface area contributed by atoms with Gasteiger partial charge in [0.05, 0.1) is 6.54 Å². The molecule has 1 heterocycles. The Bertz CT molecular complexity index is 1080. The normalized spacial score (nSPS) is 24.2. The molecule has 4 N–H and O–H groups in total. The highest BCUT2D eigenvalue weighted by atomic mass is 32.2. The van der Waals surface area contributed by atoms with Gasteiger partial charge in [-0.15, -0.1) is 0 Å². The van der Waals surface area contributed by atoms with Crippen molar-refractivity contribution in [3.05, 3.63) is 0 Å². The van der Waals surface area contributed by atoms with Crippen LogP contribution in [0.25, 0.3) is 0 Å². The summed E-state index contributed by atoms with van der Waals surface area (Å²) in [6.45, 7) is 1.97. The quantitative estimate of drug-likeness (QED) is 0.163. The molecule has 0 spiro atoms. The van der Waals surface area contributed by atoms with E-state index in [1.807, 2.05) is 6.92 Å². The predicted molar refractivity (Wildman–Crippen MR) is 156 cm³/mol. The molecule has 4 rings (SSSR count). The number of amides is 5. The second-order valence-corrected chi connectivity index (χ2v) is 13.9. The first-order valence-electron chi connectivity index (χ1n) is 15.2. The van der Waals surface area contributed by atoms with Crippen molar-refractivity contribution in [2.75, 3.05) is 18.8 Å². The smallest absolute Gasteiger partial charge is 0.315 e. The Morgan fingerprint density at radius 1 is 0.927 bits per heavy atom. The summed E-state index contributed by atoms with van der Waals surface area (Å²) in [7, 11) is -1.33. The molecule has 0 aromatic heterocycles. The van der Waals surface area contributed by atoms with Gasteiger partial charge >= 0.3 is 6.03 Å². The molecule has 41 heavy (non-hydrogen) atoms. The summed E-state index contributed by atoms with van der Waals surface area (Å²) < 4.78 is 12.1. The number of carbonyl (C=O) groups excluding carboxylic acids is 5. The zero-order valence-corrected chi connectivity index (χ0v) is 25.1. The molecule has 12 heteroatoms. The van der Waals surface area contributed by atoms with Crippen LogP contribution in [0.15, 0.2) is 0 Å². The second-order valence-electron chi connectivity index (χ2n) is 12.7. The molecule has 1 saturated heterocycles. The lowest BCUT2D eigenvalue weighted by Crippen LogP contribution is -2.63. The highest BCUT2D eigenvalue weighted by molar-refractivity contribution is 7.82. The number of likely N-dealkylation sites (tertiary alicyclic amines) is 1. The molecule has 0 bridgehead atoms. The van der Waals surface area contributed by atoms with Crippen LogP contribution in [0.5, 0.6) is 0 Å². The number of Topliss-reactive ketones (excluding diaryl/α,β-unsaturated/α-hetero) is 1. The molecule has 3 aliphatic carbocycles. The molecular weight excluding hydrogens is 546 g/mol. The summed E-state index contributed by atoms with van der Waals surface area (Å²) in [5, 5.41) is 11.3. The zero-order chi connectivity index (χ0) is 29.6. The molecule has 230 valence electrons. The van der Waals surface area contributed by atoms with E-state index in [4.69, 9.17) is 0 Å². The van der Waals surface area contributed by atoms with Crippen molar-refractivity contribution in [3.63, 3.8) is 0 Å². The minimum absolute atomic E-state index is 0.0432. The lowest BCUT2D eigenvalue weighted by atomic mass is 9.70. The van der Waals surface area contributed by atoms with E-state index in [1.54, 1.807) is 0 Å². The van der Waals surface area contributed by atoms with Gasteiger partial charge in [0, 0.05) is 18.1 Å². The third-order valence-electron chi connectivity index (χ3n) is 9.27. The number of hydrogen-bond donors (Lipinski definition) is 4. The largest absolute Gasteiger partial charge is 0.462 e. The van der Waals surface area contributed by atoms with Crippen molar-refractivity contribution in [1.82, 2.24) is 26.2 Å². The van der Waals surface area contributed by atoms with E-state index in [9.17, 15) is 28.2 Å². The summed E-state index contributed by atoms with van der Waals surface area (Å²) >= 11 is 0. The Morgan fingerprint density at radius 3 is 2.17 bits per heavy atom. The highest BCUT2D eigenvalue weighted by Gasteiger charge is 2.46. The van der Waals surface area contributed by atoms with Gasteiger partial charge in [0.15, 0.2) is 0 Å². The Balaban J connectivity index is 1.45. The van der Waals surface area contributed by atoms with E-state index in [0.29, 0.717) is 32.2 Å². The first kappa shape index (κ1) is 31.3. The average Bonchev–Trinajstić information content (AvgIpc) is 3.60. The molecule has 5 amide bonds. The van der Waals surface area contributed by atoms with E-state index in [0.717, 1.165) is 64.2 Å². The van der Waals surface area contributed by atoms with E-state index >= 15 is 0 Å². The number of nitrogens with one attached hydrogen (secondary N) is 4. The van der Waals surface area contributed by atoms with Gasteiger partial charge in [-0.25, -0.2) is 4.79 Å². The van der Waals surface area contributed by atoms with Crippen LogP contribution < -0.4 is 21.3 Å². The molecular formula is C29H46N5O6S-. The summed E-state index contributed by atoms with van der Waals surface area (Å²) in [6, 6.07) is -2.04. The fourth-order valence-corrected chi connectivity index (χ4v) is 7.74. The van der Waals surface area contributed by atoms with E-state index in [-0.39, 0.29) is 17.7 Å². The summed E-state index contributed by atoms with van der Waals surface area (Å²) in [5.74, 6) is 1.71. The molecule has 0 radical (unpaired) electrons. The Morgan fingerprint density at radius 2 is 1.56 bits per heavy atom. The summed E-state index contributed by atoms with van der Waals surface area (Å²) in [4.78, 5) is 66.4. The first-order chi connectivity index (χ1) is 19.5. The molecule has 2 unspecified atom stereocenters. The van der Waals surface area contributed by atoms with Crippen LogP contribution in [0.4, 0.5) is 4.79 Å². The van der Waals surface area contributed by atoms with Gasteiger partial charge in [-0.2, -0.15) is 5.87 Å². The van der Waals surface area contributed by atoms with Crippen LogP contribution in [0, 0.1) is 5.41 Å². The van der Waals surface area contributed by atoms with Crippen molar-refractivity contribution < 1.29 is 28.2 Å². The van der Waals surface area contributed by atoms with Gasteiger partial charge in [-0.1, -0.05) is 51.2 Å². The topological polar surface area (TPSA) is 154 Å². The summed E-state index contributed by atoms with van der Waals surface area (Å²) in [6.07, 6.45) is 11.6. The van der Waals surface area contributed by atoms with Crippen LogP contribution in [-0.4, -0.2) is 82.8 Å². The Kier molecular flexibility index (Phi) is 10.4. The first-order valence-corrected chi connectivity index (χ1v) is 16.7. The molecule has 4 fully saturated rings.